The average Bonchev–Trinajstić information content (AvgIpc) is 2.67. The molecule has 0 bridgehead atoms. The Labute approximate surface area is 111 Å². The highest BCUT2D eigenvalue weighted by molar-refractivity contribution is 5.06. The molecule has 1 atom stereocenters. The van der Waals surface area contributed by atoms with Gasteiger partial charge in [-0.2, -0.15) is 5.10 Å². The molecule has 1 fully saturated rings. The van der Waals surface area contributed by atoms with Crippen LogP contribution in [0.5, 0.6) is 0 Å². The van der Waals surface area contributed by atoms with Gasteiger partial charge in [-0.25, -0.2) is 0 Å². The number of nitrogens with two attached hydrogens (primary N) is 1. The maximum Gasteiger partial charge on any atom is 0.0551 e. The van der Waals surface area contributed by atoms with E-state index in [1.807, 2.05) is 6.20 Å². The highest BCUT2D eigenvalue weighted by Crippen LogP contribution is 2.29. The Morgan fingerprint density at radius 2 is 2.06 bits per heavy atom. The molecule has 1 aromatic heterocycles. The average molecular weight is 249 g/mol. The highest BCUT2D eigenvalue weighted by Gasteiger charge is 2.19. The number of hydrogen-bond acceptors (Lipinski definition) is 2. The molecule has 1 unspecified atom stereocenters. The summed E-state index contributed by atoms with van der Waals surface area (Å²) in [6.07, 6.45) is 12.5. The minimum absolute atomic E-state index is 0.169. The Hall–Kier alpha value is -0.830. The van der Waals surface area contributed by atoms with Gasteiger partial charge >= 0.3 is 0 Å². The van der Waals surface area contributed by atoms with E-state index in [4.69, 9.17) is 5.73 Å². The molecule has 0 spiro atoms. The maximum absolute atomic E-state index is 6.39. The van der Waals surface area contributed by atoms with E-state index in [1.54, 1.807) is 0 Å². The van der Waals surface area contributed by atoms with E-state index in [0.717, 1.165) is 25.3 Å². The summed E-state index contributed by atoms with van der Waals surface area (Å²) in [5.41, 5.74) is 7.61. The smallest absolute Gasteiger partial charge is 0.0551 e. The van der Waals surface area contributed by atoms with Crippen LogP contribution in [0.25, 0.3) is 0 Å². The lowest BCUT2D eigenvalue weighted by Crippen LogP contribution is -2.19. The molecule has 0 aromatic carbocycles. The monoisotopic (exact) mass is 249 g/mol. The van der Waals surface area contributed by atoms with Crippen LogP contribution in [-0.4, -0.2) is 9.78 Å². The summed E-state index contributed by atoms with van der Waals surface area (Å²) >= 11 is 0. The molecule has 0 aliphatic heterocycles. The van der Waals surface area contributed by atoms with Crippen LogP contribution in [-0.2, 0) is 6.54 Å². The van der Waals surface area contributed by atoms with E-state index in [9.17, 15) is 0 Å². The predicted octanol–water partition coefficient (Wildman–Crippen LogP) is 3.65. The molecule has 2 N–H and O–H groups in total. The van der Waals surface area contributed by atoms with E-state index in [1.165, 1.54) is 44.2 Å². The first-order valence-corrected chi connectivity index (χ1v) is 7.58. The van der Waals surface area contributed by atoms with Crippen LogP contribution >= 0.6 is 0 Å². The van der Waals surface area contributed by atoms with Gasteiger partial charge in [-0.3, -0.25) is 4.68 Å². The Bertz CT molecular complexity index is 337. The van der Waals surface area contributed by atoms with Crippen molar-refractivity contribution in [1.82, 2.24) is 9.78 Å². The number of hydrogen-bond donors (Lipinski definition) is 1. The number of aryl methyl sites for hydroxylation is 1. The largest absolute Gasteiger partial charge is 0.323 e. The van der Waals surface area contributed by atoms with Crippen molar-refractivity contribution in [3.05, 3.63) is 18.0 Å². The Balaban J connectivity index is 1.93. The normalized spacial score (nSPS) is 19.7. The molecule has 18 heavy (non-hydrogen) atoms. The van der Waals surface area contributed by atoms with Gasteiger partial charge in [0.2, 0.25) is 0 Å². The van der Waals surface area contributed by atoms with E-state index in [0.29, 0.717) is 0 Å². The van der Waals surface area contributed by atoms with Gasteiger partial charge < -0.3 is 5.73 Å². The van der Waals surface area contributed by atoms with Gasteiger partial charge in [0.25, 0.3) is 0 Å². The molecule has 102 valence electrons. The quantitative estimate of drug-likeness (QED) is 0.809. The summed E-state index contributed by atoms with van der Waals surface area (Å²) < 4.78 is 2.08. The first-order valence-electron chi connectivity index (χ1n) is 7.58. The Morgan fingerprint density at radius 3 is 2.72 bits per heavy atom. The first-order chi connectivity index (χ1) is 8.81. The molecule has 1 aliphatic rings. The molecular formula is C15H27N3. The van der Waals surface area contributed by atoms with Crippen molar-refractivity contribution in [3.8, 4) is 0 Å². The van der Waals surface area contributed by atoms with Gasteiger partial charge in [-0.05, 0) is 24.8 Å². The van der Waals surface area contributed by atoms with Gasteiger partial charge in [0.1, 0.15) is 0 Å². The summed E-state index contributed by atoms with van der Waals surface area (Å²) in [5, 5.41) is 4.38. The minimum atomic E-state index is 0.169. The SMILES string of the molecule is CCCn1nccc1C(N)CC1CCCCCC1. The summed E-state index contributed by atoms with van der Waals surface area (Å²) in [7, 11) is 0. The van der Waals surface area contributed by atoms with E-state index < -0.39 is 0 Å². The van der Waals surface area contributed by atoms with E-state index >= 15 is 0 Å². The molecule has 1 aliphatic carbocycles. The van der Waals surface area contributed by atoms with Crippen LogP contribution in [0.2, 0.25) is 0 Å². The van der Waals surface area contributed by atoms with Gasteiger partial charge in [0.15, 0.2) is 0 Å². The molecule has 0 radical (unpaired) electrons. The fourth-order valence-electron chi connectivity index (χ4n) is 3.14. The van der Waals surface area contributed by atoms with Crippen molar-refractivity contribution >= 4 is 0 Å². The lowest BCUT2D eigenvalue weighted by atomic mass is 9.92. The fraction of sp³-hybridized carbons (Fsp3) is 0.800. The molecule has 3 nitrogen and oxygen atoms in total. The third-order valence-electron chi connectivity index (χ3n) is 4.13. The number of nitrogens with zero attached hydrogens (tertiary/aromatic N) is 2. The molecule has 0 saturated heterocycles. The van der Waals surface area contributed by atoms with Gasteiger partial charge in [0, 0.05) is 18.8 Å². The molecule has 0 amide bonds. The second-order valence-electron chi connectivity index (χ2n) is 5.68. The van der Waals surface area contributed by atoms with E-state index in [-0.39, 0.29) is 6.04 Å². The second-order valence-corrected chi connectivity index (χ2v) is 5.68. The molecule has 2 rings (SSSR count). The summed E-state index contributed by atoms with van der Waals surface area (Å²) in [4.78, 5) is 0. The van der Waals surface area contributed by atoms with Crippen molar-refractivity contribution in [2.75, 3.05) is 0 Å². The third-order valence-corrected chi connectivity index (χ3v) is 4.13. The molecule has 1 aromatic rings. The third kappa shape index (κ3) is 3.58. The summed E-state index contributed by atoms with van der Waals surface area (Å²) in [6.45, 7) is 3.17. The molecule has 3 heteroatoms. The maximum atomic E-state index is 6.39. The van der Waals surface area contributed by atoms with Crippen molar-refractivity contribution in [1.29, 1.82) is 0 Å². The number of rotatable bonds is 5. The second kappa shape index (κ2) is 6.93. The van der Waals surface area contributed by atoms with Crippen molar-refractivity contribution < 1.29 is 0 Å². The van der Waals surface area contributed by atoms with Crippen molar-refractivity contribution in [2.45, 2.75) is 70.9 Å². The first kappa shape index (κ1) is 13.6. The lowest BCUT2D eigenvalue weighted by molar-refractivity contribution is 0.380. The molecule has 1 heterocycles. The van der Waals surface area contributed by atoms with Gasteiger partial charge in [-0.1, -0.05) is 45.4 Å². The minimum Gasteiger partial charge on any atom is -0.323 e. The molecular weight excluding hydrogens is 222 g/mol. The predicted molar refractivity (Wildman–Crippen MR) is 75.3 cm³/mol. The number of aromatic nitrogens is 2. The van der Waals surface area contributed by atoms with Gasteiger partial charge in [-0.15, -0.1) is 0 Å². The van der Waals surface area contributed by atoms with Crippen LogP contribution in [0.3, 0.4) is 0 Å². The van der Waals surface area contributed by atoms with Crippen LogP contribution in [0, 0.1) is 5.92 Å². The Kier molecular flexibility index (Phi) is 5.24. The lowest BCUT2D eigenvalue weighted by Gasteiger charge is -2.20. The topological polar surface area (TPSA) is 43.8 Å². The summed E-state index contributed by atoms with van der Waals surface area (Å²) in [5.74, 6) is 0.826. The zero-order chi connectivity index (χ0) is 12.8. The summed E-state index contributed by atoms with van der Waals surface area (Å²) in [6, 6.07) is 2.26. The fourth-order valence-corrected chi connectivity index (χ4v) is 3.14. The highest BCUT2D eigenvalue weighted by atomic mass is 15.3. The molecule has 1 saturated carbocycles. The van der Waals surface area contributed by atoms with Crippen molar-refractivity contribution in [2.24, 2.45) is 11.7 Å². The van der Waals surface area contributed by atoms with Crippen LogP contribution in [0.15, 0.2) is 12.3 Å². The Morgan fingerprint density at radius 1 is 1.33 bits per heavy atom. The van der Waals surface area contributed by atoms with E-state index in [2.05, 4.69) is 22.8 Å². The van der Waals surface area contributed by atoms with Crippen LogP contribution in [0.4, 0.5) is 0 Å². The zero-order valence-electron chi connectivity index (χ0n) is 11.6. The van der Waals surface area contributed by atoms with Crippen LogP contribution < -0.4 is 5.73 Å². The zero-order valence-corrected chi connectivity index (χ0v) is 11.6. The van der Waals surface area contributed by atoms with Gasteiger partial charge in [0.05, 0.1) is 5.69 Å². The van der Waals surface area contributed by atoms with Crippen LogP contribution in [0.1, 0.15) is 70.0 Å². The standard InChI is InChI=1S/C15H27N3/c1-2-11-18-15(9-10-17-18)14(16)12-13-7-5-3-4-6-8-13/h9-10,13-14H,2-8,11-12,16H2,1H3. The van der Waals surface area contributed by atoms with Crippen molar-refractivity contribution in [3.63, 3.8) is 0 Å².